The number of aromatic nitrogens is 2. The highest BCUT2D eigenvalue weighted by Gasteiger charge is 2.44. The minimum absolute atomic E-state index is 0.0550. The molecule has 2 N–H and O–H groups in total. The number of hydrogen-bond donors (Lipinski definition) is 1. The number of nitrogens with two attached hydrogens (primary N) is 1. The van der Waals surface area contributed by atoms with Gasteiger partial charge in [0.15, 0.2) is 5.78 Å². The van der Waals surface area contributed by atoms with Crippen LogP contribution >= 0.6 is 11.3 Å². The van der Waals surface area contributed by atoms with E-state index < -0.39 is 18.1 Å². The van der Waals surface area contributed by atoms with Crippen molar-refractivity contribution in [1.82, 2.24) is 9.97 Å². The molecule has 31 heavy (non-hydrogen) atoms. The smallest absolute Gasteiger partial charge is 0.369 e. The normalized spacial score (nSPS) is 23.2. The molecule has 1 saturated carbocycles. The van der Waals surface area contributed by atoms with Crippen molar-refractivity contribution in [1.29, 1.82) is 0 Å². The van der Waals surface area contributed by atoms with E-state index in [1.165, 1.54) is 36.8 Å². The fraction of sp³-hybridized carbons (Fsp3) is 0.591. The Morgan fingerprint density at radius 2 is 2.00 bits per heavy atom. The molecule has 2 aliphatic rings. The van der Waals surface area contributed by atoms with Crippen LogP contribution in [0.3, 0.4) is 0 Å². The van der Waals surface area contributed by atoms with E-state index in [0.717, 1.165) is 17.8 Å². The maximum atomic E-state index is 13.3. The number of halogens is 3. The SMILES string of the molecule is NC1CC(C(F)(F)F)CN(c2ccncc2CC(=O)c2csc(C3CCCCC3)n2)C1. The number of rotatable bonds is 5. The number of anilines is 1. The summed E-state index contributed by atoms with van der Waals surface area (Å²) in [6, 6.07) is 1.09. The number of nitrogens with zero attached hydrogens (tertiary/aromatic N) is 3. The Morgan fingerprint density at radius 3 is 2.74 bits per heavy atom. The van der Waals surface area contributed by atoms with Gasteiger partial charge in [0.05, 0.1) is 10.9 Å². The summed E-state index contributed by atoms with van der Waals surface area (Å²) in [5, 5.41) is 2.82. The molecule has 0 aromatic carbocycles. The molecule has 9 heteroatoms. The molecule has 1 aliphatic carbocycles. The van der Waals surface area contributed by atoms with Crippen LogP contribution in [0.5, 0.6) is 0 Å². The Balaban J connectivity index is 1.50. The van der Waals surface area contributed by atoms with Crippen LogP contribution in [0.2, 0.25) is 0 Å². The summed E-state index contributed by atoms with van der Waals surface area (Å²) in [6.45, 7) is 0.158. The van der Waals surface area contributed by atoms with Crippen LogP contribution in [0.15, 0.2) is 23.8 Å². The molecule has 1 saturated heterocycles. The molecule has 4 rings (SSSR count). The molecule has 2 aromatic rings. The molecule has 5 nitrogen and oxygen atoms in total. The van der Waals surface area contributed by atoms with Crippen molar-refractivity contribution in [3.63, 3.8) is 0 Å². The van der Waals surface area contributed by atoms with Gasteiger partial charge in [-0.2, -0.15) is 13.2 Å². The molecule has 168 valence electrons. The summed E-state index contributed by atoms with van der Waals surface area (Å²) in [7, 11) is 0. The topological polar surface area (TPSA) is 72.1 Å². The predicted molar refractivity (Wildman–Crippen MR) is 115 cm³/mol. The van der Waals surface area contributed by atoms with Gasteiger partial charge in [-0.05, 0) is 25.3 Å². The van der Waals surface area contributed by atoms with Crippen LogP contribution in [-0.2, 0) is 6.42 Å². The van der Waals surface area contributed by atoms with Gasteiger partial charge in [-0.25, -0.2) is 4.98 Å². The number of Topliss-reactive ketones (excluding diaryl/α,β-unsaturated/α-hetero) is 1. The van der Waals surface area contributed by atoms with E-state index in [1.54, 1.807) is 22.5 Å². The second kappa shape index (κ2) is 9.24. The Hall–Kier alpha value is -2.00. The summed E-state index contributed by atoms with van der Waals surface area (Å²) in [5.74, 6) is -1.19. The van der Waals surface area contributed by atoms with E-state index in [9.17, 15) is 18.0 Å². The molecular weight excluding hydrogens is 425 g/mol. The minimum Gasteiger partial charge on any atom is -0.369 e. The standard InChI is InChI=1S/C22H27F3N4OS/c23-22(24,25)16-9-17(26)12-29(11-16)19-6-7-27-10-15(19)8-20(30)18-13-31-21(28-18)14-4-2-1-3-5-14/h6-7,10,13-14,16-17H,1-5,8-9,11-12,26H2. The lowest BCUT2D eigenvalue weighted by atomic mass is 9.90. The van der Waals surface area contributed by atoms with Crippen LogP contribution in [-0.4, -0.2) is 41.1 Å². The van der Waals surface area contributed by atoms with E-state index in [1.807, 2.05) is 0 Å². The molecule has 0 radical (unpaired) electrons. The van der Waals surface area contributed by atoms with E-state index in [4.69, 9.17) is 5.73 Å². The lowest BCUT2D eigenvalue weighted by Gasteiger charge is -2.39. The Bertz CT molecular complexity index is 910. The molecule has 3 heterocycles. The second-order valence-corrected chi connectivity index (χ2v) is 9.54. The molecule has 0 amide bonds. The number of hydrogen-bond acceptors (Lipinski definition) is 6. The zero-order valence-corrected chi connectivity index (χ0v) is 18.1. The highest BCUT2D eigenvalue weighted by atomic mass is 32.1. The third-order valence-electron chi connectivity index (χ3n) is 6.28. The van der Waals surface area contributed by atoms with E-state index in [2.05, 4.69) is 9.97 Å². The lowest BCUT2D eigenvalue weighted by Crippen LogP contribution is -2.51. The van der Waals surface area contributed by atoms with Gasteiger partial charge in [-0.3, -0.25) is 9.78 Å². The molecular formula is C22H27F3N4OS. The van der Waals surface area contributed by atoms with Crippen LogP contribution in [0.1, 0.15) is 65.5 Å². The third kappa shape index (κ3) is 5.26. The van der Waals surface area contributed by atoms with Crippen molar-refractivity contribution in [3.8, 4) is 0 Å². The lowest BCUT2D eigenvalue weighted by molar-refractivity contribution is -0.177. The first-order valence-electron chi connectivity index (χ1n) is 10.8. The van der Waals surface area contributed by atoms with Gasteiger partial charge in [-0.15, -0.1) is 11.3 Å². The van der Waals surface area contributed by atoms with Crippen LogP contribution < -0.4 is 10.6 Å². The highest BCUT2D eigenvalue weighted by molar-refractivity contribution is 7.09. The first kappa shape index (κ1) is 22.2. The molecule has 2 atom stereocenters. The summed E-state index contributed by atoms with van der Waals surface area (Å²) < 4.78 is 40.0. The molecule has 2 fully saturated rings. The highest BCUT2D eigenvalue weighted by Crippen LogP contribution is 2.36. The van der Waals surface area contributed by atoms with Crippen LogP contribution in [0, 0.1) is 5.92 Å². The second-order valence-electron chi connectivity index (χ2n) is 8.65. The van der Waals surface area contributed by atoms with Gasteiger partial charge >= 0.3 is 6.18 Å². The number of carbonyl (C=O) groups is 1. The van der Waals surface area contributed by atoms with Crippen molar-refractivity contribution < 1.29 is 18.0 Å². The molecule has 0 spiro atoms. The van der Waals surface area contributed by atoms with Crippen LogP contribution in [0.25, 0.3) is 0 Å². The summed E-state index contributed by atoms with van der Waals surface area (Å²) in [4.78, 5) is 23.3. The number of carbonyl (C=O) groups excluding carboxylic acids is 1. The number of piperidine rings is 1. The van der Waals surface area contributed by atoms with Crippen molar-refractivity contribution in [3.05, 3.63) is 40.1 Å². The monoisotopic (exact) mass is 452 g/mol. The average Bonchev–Trinajstić information content (AvgIpc) is 3.24. The zero-order valence-electron chi connectivity index (χ0n) is 17.3. The average molecular weight is 453 g/mol. The number of thiazole rings is 1. The van der Waals surface area contributed by atoms with Gasteiger partial charge in [-0.1, -0.05) is 19.3 Å². The van der Waals surface area contributed by atoms with Crippen molar-refractivity contribution in [2.75, 3.05) is 18.0 Å². The summed E-state index contributed by atoms with van der Waals surface area (Å²) in [5.41, 5.74) is 7.57. The van der Waals surface area contributed by atoms with Gasteiger partial charge < -0.3 is 10.6 Å². The molecule has 2 unspecified atom stereocenters. The van der Waals surface area contributed by atoms with Gasteiger partial charge in [0.1, 0.15) is 5.69 Å². The molecule has 1 aliphatic heterocycles. The van der Waals surface area contributed by atoms with Crippen molar-refractivity contribution in [2.45, 2.75) is 63.1 Å². The van der Waals surface area contributed by atoms with Gasteiger partial charge in [0, 0.05) is 60.5 Å². The first-order valence-corrected chi connectivity index (χ1v) is 11.7. The predicted octanol–water partition coefficient (Wildman–Crippen LogP) is 4.73. The van der Waals surface area contributed by atoms with Crippen molar-refractivity contribution in [2.24, 2.45) is 11.7 Å². The molecule has 0 bridgehead atoms. The van der Waals surface area contributed by atoms with Gasteiger partial charge in [0.25, 0.3) is 0 Å². The fourth-order valence-electron chi connectivity index (χ4n) is 4.65. The maximum Gasteiger partial charge on any atom is 0.393 e. The first-order chi connectivity index (χ1) is 14.8. The van der Waals surface area contributed by atoms with E-state index in [0.29, 0.717) is 29.4 Å². The number of alkyl halides is 3. The fourth-order valence-corrected chi connectivity index (χ4v) is 5.65. The maximum absolute atomic E-state index is 13.3. The third-order valence-corrected chi connectivity index (χ3v) is 7.28. The van der Waals surface area contributed by atoms with Gasteiger partial charge in [0.2, 0.25) is 0 Å². The van der Waals surface area contributed by atoms with Crippen molar-refractivity contribution >= 4 is 22.8 Å². The zero-order chi connectivity index (χ0) is 22.0. The van der Waals surface area contributed by atoms with E-state index >= 15 is 0 Å². The largest absolute Gasteiger partial charge is 0.393 e. The number of pyridine rings is 1. The Kier molecular flexibility index (Phi) is 6.62. The Morgan fingerprint density at radius 1 is 1.23 bits per heavy atom. The summed E-state index contributed by atoms with van der Waals surface area (Å²) in [6.07, 6.45) is 4.66. The Labute approximate surface area is 183 Å². The minimum atomic E-state index is -4.30. The molecule has 2 aromatic heterocycles. The summed E-state index contributed by atoms with van der Waals surface area (Å²) >= 11 is 1.53. The van der Waals surface area contributed by atoms with E-state index in [-0.39, 0.29) is 25.2 Å². The number of ketones is 1. The quantitative estimate of drug-likeness (QED) is 0.664. The van der Waals surface area contributed by atoms with Crippen LogP contribution in [0.4, 0.5) is 18.9 Å².